The van der Waals surface area contributed by atoms with Crippen LogP contribution in [0.15, 0.2) is 53.0 Å². The number of aromatic nitrogens is 2. The van der Waals surface area contributed by atoms with E-state index >= 15 is 0 Å². The second-order valence-corrected chi connectivity index (χ2v) is 7.65. The maximum absolute atomic E-state index is 12.9. The van der Waals surface area contributed by atoms with Crippen molar-refractivity contribution in [3.8, 4) is 0 Å². The van der Waals surface area contributed by atoms with Crippen LogP contribution in [-0.4, -0.2) is 15.3 Å². The molecule has 1 aromatic carbocycles. The molecule has 0 saturated carbocycles. The number of ketones is 1. The van der Waals surface area contributed by atoms with Gasteiger partial charge in [0.05, 0.1) is 11.0 Å². The fraction of sp³-hybridized carbons (Fsp3) is 0.263. The highest BCUT2D eigenvalue weighted by molar-refractivity contribution is 7.10. The van der Waals surface area contributed by atoms with E-state index in [1.165, 1.54) is 4.88 Å². The van der Waals surface area contributed by atoms with Crippen molar-refractivity contribution in [2.45, 2.75) is 25.8 Å². The number of benzene rings is 1. The Morgan fingerprint density at radius 1 is 1.21 bits per heavy atom. The number of fused-ring (bicyclic) bond motifs is 3. The van der Waals surface area contributed by atoms with Crippen LogP contribution >= 0.6 is 11.3 Å². The first-order valence-corrected chi connectivity index (χ1v) is 9.14. The van der Waals surface area contributed by atoms with Crippen molar-refractivity contribution in [3.63, 3.8) is 0 Å². The van der Waals surface area contributed by atoms with Crippen LogP contribution in [0.3, 0.4) is 0 Å². The van der Waals surface area contributed by atoms with E-state index in [0.29, 0.717) is 12.3 Å². The zero-order chi connectivity index (χ0) is 16.3. The highest BCUT2D eigenvalue weighted by Gasteiger charge is 2.38. The molecule has 1 aliphatic heterocycles. The Balaban J connectivity index is 1.81. The molecule has 5 heteroatoms. The van der Waals surface area contributed by atoms with Gasteiger partial charge in [-0.05, 0) is 35.9 Å². The average molecular weight is 335 g/mol. The molecule has 0 unspecified atom stereocenters. The van der Waals surface area contributed by atoms with Crippen molar-refractivity contribution in [2.75, 3.05) is 5.32 Å². The van der Waals surface area contributed by atoms with Gasteiger partial charge in [-0.25, -0.2) is 4.98 Å². The maximum Gasteiger partial charge on any atom is 0.209 e. The van der Waals surface area contributed by atoms with Gasteiger partial charge in [-0.1, -0.05) is 25.1 Å². The number of para-hydroxylation sites is 2. The first kappa shape index (κ1) is 14.0. The minimum absolute atomic E-state index is 0.0661. The average Bonchev–Trinajstić information content (AvgIpc) is 3.20. The Bertz CT molecular complexity index is 983. The molecule has 0 fully saturated rings. The minimum Gasteiger partial charge on any atom is -0.329 e. The summed E-state index contributed by atoms with van der Waals surface area (Å²) in [6.07, 6.45) is 1.54. The molecular weight excluding hydrogens is 318 g/mol. The van der Waals surface area contributed by atoms with Gasteiger partial charge in [0, 0.05) is 22.6 Å². The number of nitrogens with one attached hydrogen (secondary N) is 1. The number of hydrogen-bond donors (Lipinski definition) is 1. The summed E-state index contributed by atoms with van der Waals surface area (Å²) >= 11 is 1.70. The SMILES string of the molecule is C[C@H]1CC(=O)C2=C(C1)Nc1nc3ccccc3n1[C@@H]2c1cccs1. The zero-order valence-corrected chi connectivity index (χ0v) is 14.1. The van der Waals surface area contributed by atoms with E-state index in [4.69, 9.17) is 4.98 Å². The largest absolute Gasteiger partial charge is 0.329 e. The summed E-state index contributed by atoms with van der Waals surface area (Å²) in [6, 6.07) is 12.2. The molecule has 0 radical (unpaired) electrons. The smallest absolute Gasteiger partial charge is 0.209 e. The predicted octanol–water partition coefficient (Wildman–Crippen LogP) is 4.37. The van der Waals surface area contributed by atoms with E-state index in [1.807, 2.05) is 18.2 Å². The Labute approximate surface area is 143 Å². The van der Waals surface area contributed by atoms with Crippen molar-refractivity contribution in [1.29, 1.82) is 0 Å². The summed E-state index contributed by atoms with van der Waals surface area (Å²) in [5.41, 5.74) is 4.00. The van der Waals surface area contributed by atoms with Gasteiger partial charge in [-0.15, -0.1) is 11.3 Å². The van der Waals surface area contributed by atoms with Gasteiger partial charge in [-0.2, -0.15) is 0 Å². The van der Waals surface area contributed by atoms with Gasteiger partial charge in [0.25, 0.3) is 0 Å². The van der Waals surface area contributed by atoms with E-state index in [2.05, 4.69) is 40.4 Å². The fourth-order valence-corrected chi connectivity index (χ4v) is 4.76. The molecule has 1 N–H and O–H groups in total. The summed E-state index contributed by atoms with van der Waals surface area (Å²) in [5, 5.41) is 5.53. The topological polar surface area (TPSA) is 46.9 Å². The van der Waals surface area contributed by atoms with Crippen LogP contribution in [0.1, 0.15) is 30.7 Å². The highest BCUT2D eigenvalue weighted by Crippen LogP contribution is 2.44. The lowest BCUT2D eigenvalue weighted by Crippen LogP contribution is -2.32. The number of allylic oxidation sites excluding steroid dienone is 2. The number of Topliss-reactive ketones (excluding diaryl/α,β-unsaturated/α-hetero) is 1. The van der Waals surface area contributed by atoms with Crippen LogP contribution in [0.4, 0.5) is 5.95 Å². The quantitative estimate of drug-likeness (QED) is 0.718. The molecular formula is C19H17N3OS. The number of rotatable bonds is 1. The van der Waals surface area contributed by atoms with Crippen molar-refractivity contribution >= 4 is 34.1 Å². The number of thiophene rings is 1. The first-order chi connectivity index (χ1) is 11.7. The summed E-state index contributed by atoms with van der Waals surface area (Å²) in [7, 11) is 0. The Morgan fingerprint density at radius 2 is 2.08 bits per heavy atom. The molecule has 0 amide bonds. The third kappa shape index (κ3) is 1.91. The molecule has 1 aliphatic carbocycles. The lowest BCUT2D eigenvalue weighted by Gasteiger charge is -2.34. The molecule has 2 atom stereocenters. The van der Waals surface area contributed by atoms with Crippen molar-refractivity contribution < 1.29 is 4.79 Å². The molecule has 0 spiro atoms. The molecule has 2 aromatic heterocycles. The second-order valence-electron chi connectivity index (χ2n) is 6.67. The van der Waals surface area contributed by atoms with Gasteiger partial charge in [-0.3, -0.25) is 9.36 Å². The van der Waals surface area contributed by atoms with E-state index in [9.17, 15) is 4.79 Å². The van der Waals surface area contributed by atoms with E-state index in [0.717, 1.165) is 34.7 Å². The molecule has 4 nitrogen and oxygen atoms in total. The molecule has 120 valence electrons. The van der Waals surface area contributed by atoms with Crippen molar-refractivity contribution in [1.82, 2.24) is 9.55 Å². The monoisotopic (exact) mass is 335 g/mol. The summed E-state index contributed by atoms with van der Waals surface area (Å²) < 4.78 is 2.19. The number of nitrogens with zero attached hydrogens (tertiary/aromatic N) is 2. The van der Waals surface area contributed by atoms with E-state index < -0.39 is 0 Å². The first-order valence-electron chi connectivity index (χ1n) is 8.26. The Hall–Kier alpha value is -2.40. The van der Waals surface area contributed by atoms with Gasteiger partial charge in [0.1, 0.15) is 6.04 Å². The molecule has 5 rings (SSSR count). The summed E-state index contributed by atoms with van der Waals surface area (Å²) in [6.45, 7) is 2.14. The van der Waals surface area contributed by atoms with Gasteiger partial charge >= 0.3 is 0 Å². The number of hydrogen-bond acceptors (Lipinski definition) is 4. The van der Waals surface area contributed by atoms with E-state index in [-0.39, 0.29) is 11.8 Å². The number of anilines is 1. The van der Waals surface area contributed by atoms with Crippen LogP contribution in [0.2, 0.25) is 0 Å². The zero-order valence-electron chi connectivity index (χ0n) is 13.3. The molecule has 3 aromatic rings. The Kier molecular flexibility index (Phi) is 2.94. The van der Waals surface area contributed by atoms with Crippen molar-refractivity contribution in [3.05, 3.63) is 57.9 Å². The standard InChI is InChI=1S/C19H17N3OS/c1-11-9-13-17(15(23)10-11)18(16-7-4-8-24-16)22-14-6-3-2-5-12(14)20-19(22)21-13/h2-8,11,18H,9-10H2,1H3,(H,20,21)/t11-,18-/m1/s1. The summed E-state index contributed by atoms with van der Waals surface area (Å²) in [5.74, 6) is 1.48. The molecule has 24 heavy (non-hydrogen) atoms. The molecule has 0 bridgehead atoms. The van der Waals surface area contributed by atoms with Gasteiger partial charge < -0.3 is 5.32 Å². The van der Waals surface area contributed by atoms with E-state index in [1.54, 1.807) is 11.3 Å². The molecule has 0 saturated heterocycles. The highest BCUT2D eigenvalue weighted by atomic mass is 32.1. The van der Waals surface area contributed by atoms with Crippen LogP contribution in [0.25, 0.3) is 11.0 Å². The third-order valence-corrected chi connectivity index (χ3v) is 5.84. The van der Waals surface area contributed by atoms with Crippen molar-refractivity contribution in [2.24, 2.45) is 5.92 Å². The second kappa shape index (κ2) is 5.05. The normalized spacial score (nSPS) is 23.1. The lowest BCUT2D eigenvalue weighted by atomic mass is 9.82. The van der Waals surface area contributed by atoms with Crippen LogP contribution in [0.5, 0.6) is 0 Å². The van der Waals surface area contributed by atoms with Gasteiger partial charge in [0.2, 0.25) is 5.95 Å². The number of carbonyl (C=O) groups excluding carboxylic acids is 1. The van der Waals surface area contributed by atoms with Crippen LogP contribution < -0.4 is 5.32 Å². The van der Waals surface area contributed by atoms with Gasteiger partial charge in [0.15, 0.2) is 5.78 Å². The lowest BCUT2D eigenvalue weighted by molar-refractivity contribution is -0.117. The number of carbonyl (C=O) groups is 1. The summed E-state index contributed by atoms with van der Waals surface area (Å²) in [4.78, 5) is 18.8. The third-order valence-electron chi connectivity index (χ3n) is 4.91. The molecule has 2 aliphatic rings. The van der Waals surface area contributed by atoms with Crippen LogP contribution in [-0.2, 0) is 4.79 Å². The molecule has 3 heterocycles. The predicted molar refractivity (Wildman–Crippen MR) is 96.2 cm³/mol. The fourth-order valence-electron chi connectivity index (χ4n) is 3.94. The Morgan fingerprint density at radius 3 is 2.92 bits per heavy atom. The van der Waals surface area contributed by atoms with Crippen LogP contribution in [0, 0.1) is 5.92 Å². The number of imidazole rings is 1. The maximum atomic E-state index is 12.9. The minimum atomic E-state index is -0.0661.